The van der Waals surface area contributed by atoms with Crippen LogP contribution in [-0.4, -0.2) is 19.3 Å². The molecular formula is C7H17NO2. The van der Waals surface area contributed by atoms with Gasteiger partial charge in [0.05, 0.1) is 19.3 Å². The van der Waals surface area contributed by atoms with Crippen LogP contribution >= 0.6 is 0 Å². The fraction of sp³-hybridized carbons (Fsp3) is 1.00. The van der Waals surface area contributed by atoms with E-state index in [9.17, 15) is 0 Å². The molecule has 1 atom stereocenters. The smallest absolute Gasteiger partial charge is 0.0726 e. The molecule has 0 aliphatic heterocycles. The van der Waals surface area contributed by atoms with Crippen LogP contribution < -0.4 is 5.90 Å². The molecule has 0 spiro atoms. The van der Waals surface area contributed by atoms with E-state index in [4.69, 9.17) is 10.6 Å². The number of nitrogens with two attached hydrogens (primary N) is 1. The van der Waals surface area contributed by atoms with Gasteiger partial charge in [0.1, 0.15) is 0 Å². The fourth-order valence-corrected chi connectivity index (χ4v) is 0.569. The number of rotatable bonds is 5. The summed E-state index contributed by atoms with van der Waals surface area (Å²) in [4.78, 5) is 4.46. The van der Waals surface area contributed by atoms with E-state index in [1.54, 1.807) is 0 Å². The van der Waals surface area contributed by atoms with Crippen molar-refractivity contribution in [2.45, 2.75) is 26.9 Å². The van der Waals surface area contributed by atoms with Gasteiger partial charge in [-0.2, -0.15) is 0 Å². The Balaban J connectivity index is 3.12. The van der Waals surface area contributed by atoms with Crippen LogP contribution in [-0.2, 0) is 9.57 Å². The Morgan fingerprint density at radius 1 is 1.20 bits per heavy atom. The highest BCUT2D eigenvalue weighted by molar-refractivity contribution is 4.48. The summed E-state index contributed by atoms with van der Waals surface area (Å²) in [5.74, 6) is 5.26. The van der Waals surface area contributed by atoms with E-state index in [2.05, 4.69) is 4.84 Å². The van der Waals surface area contributed by atoms with Gasteiger partial charge in [0.25, 0.3) is 0 Å². The first-order chi connectivity index (χ1) is 4.66. The molecule has 0 aromatic heterocycles. The third-order valence-corrected chi connectivity index (χ3v) is 1.09. The van der Waals surface area contributed by atoms with Gasteiger partial charge < -0.3 is 9.57 Å². The number of ether oxygens (including phenoxy) is 1. The molecule has 0 radical (unpaired) electrons. The molecule has 0 amide bonds. The molecule has 0 saturated carbocycles. The molecule has 62 valence electrons. The van der Waals surface area contributed by atoms with E-state index >= 15 is 0 Å². The number of hydrogen-bond acceptors (Lipinski definition) is 3. The average Bonchev–Trinajstić information content (AvgIpc) is 1.85. The van der Waals surface area contributed by atoms with Gasteiger partial charge in [-0.15, -0.1) is 0 Å². The van der Waals surface area contributed by atoms with E-state index in [0.29, 0.717) is 18.6 Å². The molecule has 0 fully saturated rings. The predicted octanol–water partition coefficient (Wildman–Crippen LogP) is 0.938. The summed E-state index contributed by atoms with van der Waals surface area (Å²) in [5, 5.41) is 0. The molecule has 2 N–H and O–H groups in total. The Kier molecular flexibility index (Phi) is 5.58. The minimum absolute atomic E-state index is 0.292. The quantitative estimate of drug-likeness (QED) is 0.588. The van der Waals surface area contributed by atoms with Crippen molar-refractivity contribution in [3.05, 3.63) is 0 Å². The molecular weight excluding hydrogens is 130 g/mol. The number of hydrogen-bond donors (Lipinski definition) is 1. The lowest BCUT2D eigenvalue weighted by Crippen LogP contribution is -2.17. The van der Waals surface area contributed by atoms with Crippen molar-refractivity contribution in [2.75, 3.05) is 13.2 Å². The third kappa shape index (κ3) is 6.01. The van der Waals surface area contributed by atoms with Gasteiger partial charge in [-0.05, 0) is 13.8 Å². The van der Waals surface area contributed by atoms with E-state index in [1.165, 1.54) is 0 Å². The van der Waals surface area contributed by atoms with Crippen LogP contribution in [0.2, 0.25) is 0 Å². The molecule has 1 unspecified atom stereocenters. The first-order valence-electron chi connectivity index (χ1n) is 3.60. The minimum Gasteiger partial charge on any atom is -0.378 e. The van der Waals surface area contributed by atoms with Gasteiger partial charge in [0.15, 0.2) is 0 Å². The van der Waals surface area contributed by atoms with Gasteiger partial charge in [0.2, 0.25) is 0 Å². The summed E-state index contributed by atoms with van der Waals surface area (Å²) in [5.41, 5.74) is 0. The summed E-state index contributed by atoms with van der Waals surface area (Å²) in [7, 11) is 0. The lowest BCUT2D eigenvalue weighted by Gasteiger charge is -2.12. The first kappa shape index (κ1) is 9.88. The Hall–Kier alpha value is -0.120. The minimum atomic E-state index is 0.292. The largest absolute Gasteiger partial charge is 0.378 e. The lowest BCUT2D eigenvalue weighted by molar-refractivity contribution is 0.0193. The molecule has 0 aromatic carbocycles. The lowest BCUT2D eigenvalue weighted by atomic mass is 10.2. The van der Waals surface area contributed by atoms with Gasteiger partial charge in [0, 0.05) is 5.92 Å². The molecule has 10 heavy (non-hydrogen) atoms. The van der Waals surface area contributed by atoms with Crippen LogP contribution in [0.1, 0.15) is 20.8 Å². The van der Waals surface area contributed by atoms with Crippen molar-refractivity contribution in [2.24, 2.45) is 11.8 Å². The van der Waals surface area contributed by atoms with Crippen molar-refractivity contribution in [1.82, 2.24) is 0 Å². The highest BCUT2D eigenvalue weighted by atomic mass is 16.6. The second kappa shape index (κ2) is 5.65. The summed E-state index contributed by atoms with van der Waals surface area (Å²) >= 11 is 0. The Morgan fingerprint density at radius 2 is 1.80 bits per heavy atom. The van der Waals surface area contributed by atoms with Crippen molar-refractivity contribution in [3.8, 4) is 0 Å². The second-order valence-electron chi connectivity index (χ2n) is 2.82. The van der Waals surface area contributed by atoms with E-state index < -0.39 is 0 Å². The molecule has 0 aliphatic carbocycles. The van der Waals surface area contributed by atoms with Crippen molar-refractivity contribution >= 4 is 0 Å². The van der Waals surface area contributed by atoms with Gasteiger partial charge in [-0.3, -0.25) is 0 Å². The topological polar surface area (TPSA) is 44.5 Å². The van der Waals surface area contributed by atoms with Crippen LogP contribution in [0.25, 0.3) is 0 Å². The van der Waals surface area contributed by atoms with Crippen molar-refractivity contribution < 1.29 is 9.57 Å². The van der Waals surface area contributed by atoms with Crippen LogP contribution in [0.5, 0.6) is 0 Å². The Morgan fingerprint density at radius 3 is 2.20 bits per heavy atom. The Labute approximate surface area is 62.4 Å². The summed E-state index contributed by atoms with van der Waals surface area (Å²) in [6, 6.07) is 0. The standard InChI is InChI=1S/C7H17NO2/c1-6(2)9-4-7(3)5-10-8/h6-7H,4-5,8H2,1-3H3. The van der Waals surface area contributed by atoms with Crippen molar-refractivity contribution in [3.63, 3.8) is 0 Å². The predicted molar refractivity (Wildman–Crippen MR) is 40.4 cm³/mol. The van der Waals surface area contributed by atoms with Crippen LogP contribution in [0.3, 0.4) is 0 Å². The van der Waals surface area contributed by atoms with Gasteiger partial charge in [-0.1, -0.05) is 6.92 Å². The van der Waals surface area contributed by atoms with E-state index in [-0.39, 0.29) is 0 Å². The highest BCUT2D eigenvalue weighted by Gasteiger charge is 2.02. The first-order valence-corrected chi connectivity index (χ1v) is 3.60. The maximum absolute atomic E-state index is 5.32. The summed E-state index contributed by atoms with van der Waals surface area (Å²) < 4.78 is 5.32. The van der Waals surface area contributed by atoms with Gasteiger partial charge in [-0.25, -0.2) is 5.90 Å². The van der Waals surface area contributed by atoms with Crippen LogP contribution in [0.4, 0.5) is 0 Å². The Bertz CT molecular complexity index is 76.0. The van der Waals surface area contributed by atoms with E-state index in [0.717, 1.165) is 6.61 Å². The SMILES string of the molecule is CC(CON)COC(C)C. The average molecular weight is 147 g/mol. The maximum atomic E-state index is 5.32. The molecule has 3 heteroatoms. The molecule has 0 aliphatic rings. The van der Waals surface area contributed by atoms with Crippen LogP contribution in [0.15, 0.2) is 0 Å². The summed E-state index contributed by atoms with van der Waals surface area (Å²) in [6.45, 7) is 7.34. The van der Waals surface area contributed by atoms with Crippen molar-refractivity contribution in [1.29, 1.82) is 0 Å². The molecule has 0 rings (SSSR count). The third-order valence-electron chi connectivity index (χ3n) is 1.09. The second-order valence-corrected chi connectivity index (χ2v) is 2.82. The molecule has 3 nitrogen and oxygen atoms in total. The zero-order chi connectivity index (χ0) is 7.98. The van der Waals surface area contributed by atoms with Gasteiger partial charge >= 0.3 is 0 Å². The molecule has 0 saturated heterocycles. The van der Waals surface area contributed by atoms with Crippen LogP contribution in [0, 0.1) is 5.92 Å². The zero-order valence-electron chi connectivity index (χ0n) is 6.96. The molecule has 0 aromatic rings. The van der Waals surface area contributed by atoms with E-state index in [1.807, 2.05) is 20.8 Å². The fourth-order valence-electron chi connectivity index (χ4n) is 0.569. The molecule has 0 heterocycles. The maximum Gasteiger partial charge on any atom is 0.0726 e. The molecule has 0 bridgehead atoms. The highest BCUT2D eigenvalue weighted by Crippen LogP contribution is 1.97. The normalized spacial score (nSPS) is 14.1. The summed E-state index contributed by atoms with van der Waals surface area (Å²) in [6.07, 6.45) is 0.292. The monoisotopic (exact) mass is 147 g/mol. The zero-order valence-corrected chi connectivity index (χ0v) is 6.96.